The molecule has 1 aromatic heterocycles. The van der Waals surface area contributed by atoms with E-state index in [1.165, 1.54) is 5.56 Å². The predicted octanol–water partition coefficient (Wildman–Crippen LogP) is 3.62. The van der Waals surface area contributed by atoms with E-state index in [1.807, 2.05) is 6.92 Å². The number of benzene rings is 1. The smallest absolute Gasteiger partial charge is 0.182 e. The molecule has 3 rings (SSSR count). The quantitative estimate of drug-likeness (QED) is 0.884. The third-order valence-corrected chi connectivity index (χ3v) is 4.91. The lowest BCUT2D eigenvalue weighted by atomic mass is 10.1. The molecule has 0 saturated carbocycles. The van der Waals surface area contributed by atoms with E-state index in [0.717, 1.165) is 46.9 Å². The fourth-order valence-electron chi connectivity index (χ4n) is 2.04. The Labute approximate surface area is 133 Å². The molecular formula is C15H18N4S2. The number of nitrogens with zero attached hydrogens (tertiary/aromatic N) is 2. The molecule has 0 spiro atoms. The molecule has 1 aromatic carbocycles. The zero-order valence-electron chi connectivity index (χ0n) is 11.9. The molecule has 21 heavy (non-hydrogen) atoms. The van der Waals surface area contributed by atoms with Crippen LogP contribution in [0.2, 0.25) is 0 Å². The first-order chi connectivity index (χ1) is 10.3. The highest BCUT2D eigenvalue weighted by Crippen LogP contribution is 2.17. The highest BCUT2D eigenvalue weighted by atomic mass is 32.2. The molecule has 0 amide bonds. The van der Waals surface area contributed by atoms with Gasteiger partial charge < -0.3 is 10.6 Å². The van der Waals surface area contributed by atoms with Crippen LogP contribution in [0.3, 0.4) is 0 Å². The summed E-state index contributed by atoms with van der Waals surface area (Å²) in [7, 11) is 0. The van der Waals surface area contributed by atoms with Gasteiger partial charge in [-0.1, -0.05) is 23.9 Å². The van der Waals surface area contributed by atoms with Crippen molar-refractivity contribution in [1.82, 2.24) is 4.98 Å². The van der Waals surface area contributed by atoms with E-state index >= 15 is 0 Å². The van der Waals surface area contributed by atoms with E-state index in [0.29, 0.717) is 0 Å². The Hall–Kier alpha value is -1.53. The number of amidine groups is 1. The lowest BCUT2D eigenvalue weighted by molar-refractivity contribution is 1.01. The molecule has 2 N–H and O–H groups in total. The van der Waals surface area contributed by atoms with Gasteiger partial charge in [0.25, 0.3) is 0 Å². The molecular weight excluding hydrogens is 300 g/mol. The second kappa shape index (κ2) is 6.95. The maximum absolute atomic E-state index is 4.40. The number of aryl methyl sites for hydroxylation is 1. The van der Waals surface area contributed by atoms with Crippen molar-refractivity contribution in [3.8, 4) is 0 Å². The SMILES string of the molecule is Cc1csc(NCCc2ccc(NC3=NCCS3)cc2)n1. The van der Waals surface area contributed by atoms with Crippen LogP contribution in [-0.2, 0) is 6.42 Å². The molecule has 0 fully saturated rings. The number of rotatable bonds is 5. The van der Waals surface area contributed by atoms with Crippen molar-refractivity contribution in [1.29, 1.82) is 0 Å². The van der Waals surface area contributed by atoms with Crippen LogP contribution in [0.1, 0.15) is 11.3 Å². The van der Waals surface area contributed by atoms with E-state index < -0.39 is 0 Å². The number of thiazole rings is 1. The van der Waals surface area contributed by atoms with Gasteiger partial charge in [0.2, 0.25) is 0 Å². The molecule has 0 atom stereocenters. The summed E-state index contributed by atoms with van der Waals surface area (Å²) in [6.07, 6.45) is 0.995. The minimum absolute atomic E-state index is 0.905. The topological polar surface area (TPSA) is 49.3 Å². The molecule has 0 radical (unpaired) electrons. The van der Waals surface area contributed by atoms with Crippen LogP contribution in [0.4, 0.5) is 10.8 Å². The summed E-state index contributed by atoms with van der Waals surface area (Å²) >= 11 is 3.44. The van der Waals surface area contributed by atoms with Gasteiger partial charge in [-0.3, -0.25) is 4.99 Å². The number of nitrogens with one attached hydrogen (secondary N) is 2. The van der Waals surface area contributed by atoms with Crippen LogP contribution in [-0.4, -0.2) is 29.0 Å². The summed E-state index contributed by atoms with van der Waals surface area (Å²) < 4.78 is 0. The van der Waals surface area contributed by atoms with Crippen molar-refractivity contribution in [2.75, 3.05) is 29.5 Å². The summed E-state index contributed by atoms with van der Waals surface area (Å²) in [5.74, 6) is 1.09. The summed E-state index contributed by atoms with van der Waals surface area (Å²) in [4.78, 5) is 8.79. The van der Waals surface area contributed by atoms with Gasteiger partial charge in [-0.2, -0.15) is 0 Å². The first kappa shape index (κ1) is 14.4. The molecule has 0 unspecified atom stereocenters. The van der Waals surface area contributed by atoms with Gasteiger partial charge in [-0.25, -0.2) is 4.98 Å². The van der Waals surface area contributed by atoms with Crippen LogP contribution in [0.15, 0.2) is 34.6 Å². The largest absolute Gasteiger partial charge is 0.361 e. The summed E-state index contributed by atoms with van der Waals surface area (Å²) in [6, 6.07) is 8.56. The van der Waals surface area contributed by atoms with Gasteiger partial charge in [0.15, 0.2) is 10.3 Å². The van der Waals surface area contributed by atoms with Crippen molar-refractivity contribution < 1.29 is 0 Å². The first-order valence-corrected chi connectivity index (χ1v) is 8.85. The van der Waals surface area contributed by atoms with Crippen LogP contribution < -0.4 is 10.6 Å². The lowest BCUT2D eigenvalue weighted by Gasteiger charge is -2.07. The Balaban J connectivity index is 1.47. The molecule has 1 aliphatic heterocycles. The predicted molar refractivity (Wildman–Crippen MR) is 93.9 cm³/mol. The van der Waals surface area contributed by atoms with Crippen LogP contribution in [0.5, 0.6) is 0 Å². The molecule has 2 heterocycles. The Kier molecular flexibility index (Phi) is 4.77. The number of anilines is 2. The van der Waals surface area contributed by atoms with Crippen LogP contribution in [0, 0.1) is 6.92 Å². The lowest BCUT2D eigenvalue weighted by Crippen LogP contribution is -2.06. The van der Waals surface area contributed by atoms with E-state index in [2.05, 4.69) is 50.3 Å². The Morgan fingerprint density at radius 1 is 1.24 bits per heavy atom. The first-order valence-electron chi connectivity index (χ1n) is 6.99. The van der Waals surface area contributed by atoms with E-state index in [-0.39, 0.29) is 0 Å². The van der Waals surface area contributed by atoms with Gasteiger partial charge in [0.1, 0.15) is 0 Å². The van der Waals surface area contributed by atoms with Gasteiger partial charge >= 0.3 is 0 Å². The molecule has 1 aliphatic rings. The van der Waals surface area contributed by atoms with Crippen molar-refractivity contribution >= 4 is 39.1 Å². The molecule has 0 saturated heterocycles. The number of hydrogen-bond donors (Lipinski definition) is 2. The zero-order chi connectivity index (χ0) is 14.5. The summed E-state index contributed by atoms with van der Waals surface area (Å²) in [6.45, 7) is 3.84. The third kappa shape index (κ3) is 4.22. The minimum atomic E-state index is 0.905. The maximum atomic E-state index is 4.40. The van der Waals surface area contributed by atoms with E-state index in [1.54, 1.807) is 23.1 Å². The van der Waals surface area contributed by atoms with Gasteiger partial charge in [0.05, 0.1) is 12.2 Å². The molecule has 0 bridgehead atoms. The number of aromatic nitrogens is 1. The Morgan fingerprint density at radius 3 is 2.76 bits per heavy atom. The summed E-state index contributed by atoms with van der Waals surface area (Å²) in [5, 5.41) is 10.8. The van der Waals surface area contributed by atoms with Gasteiger partial charge in [0, 0.05) is 23.4 Å². The average molecular weight is 318 g/mol. The van der Waals surface area contributed by atoms with E-state index in [4.69, 9.17) is 0 Å². The van der Waals surface area contributed by atoms with Crippen LogP contribution in [0.25, 0.3) is 0 Å². The fraction of sp³-hybridized carbons (Fsp3) is 0.333. The third-order valence-electron chi connectivity index (χ3n) is 3.10. The number of aliphatic imine (C=N–C) groups is 1. The second-order valence-corrected chi connectivity index (χ2v) is 6.77. The minimum Gasteiger partial charge on any atom is -0.361 e. The number of thioether (sulfide) groups is 1. The molecule has 6 heteroatoms. The average Bonchev–Trinajstić information content (AvgIpc) is 3.13. The highest BCUT2D eigenvalue weighted by Gasteiger charge is 2.06. The maximum Gasteiger partial charge on any atom is 0.182 e. The Bertz CT molecular complexity index is 619. The monoisotopic (exact) mass is 318 g/mol. The van der Waals surface area contributed by atoms with Crippen molar-refractivity contribution in [2.24, 2.45) is 4.99 Å². The number of hydrogen-bond acceptors (Lipinski definition) is 6. The summed E-state index contributed by atoms with van der Waals surface area (Å²) in [5.41, 5.74) is 3.50. The van der Waals surface area contributed by atoms with Crippen molar-refractivity contribution in [3.63, 3.8) is 0 Å². The van der Waals surface area contributed by atoms with E-state index in [9.17, 15) is 0 Å². The molecule has 110 valence electrons. The molecule has 4 nitrogen and oxygen atoms in total. The second-order valence-electron chi connectivity index (χ2n) is 4.83. The molecule has 0 aliphatic carbocycles. The highest BCUT2D eigenvalue weighted by molar-refractivity contribution is 8.14. The van der Waals surface area contributed by atoms with Crippen LogP contribution >= 0.6 is 23.1 Å². The van der Waals surface area contributed by atoms with Crippen molar-refractivity contribution in [3.05, 3.63) is 40.9 Å². The van der Waals surface area contributed by atoms with Crippen molar-refractivity contribution in [2.45, 2.75) is 13.3 Å². The normalized spacial score (nSPS) is 14.0. The van der Waals surface area contributed by atoms with Gasteiger partial charge in [-0.15, -0.1) is 11.3 Å². The molecule has 2 aromatic rings. The standard InChI is InChI=1S/C15H18N4S2/c1-11-10-21-14(18-11)16-7-6-12-2-4-13(5-3-12)19-15-17-8-9-20-15/h2-5,10H,6-9H2,1H3,(H,16,18)(H,17,19). The zero-order valence-corrected chi connectivity index (χ0v) is 13.6. The fourth-order valence-corrected chi connectivity index (χ4v) is 3.50. The van der Waals surface area contributed by atoms with Gasteiger partial charge in [-0.05, 0) is 31.0 Å². The Morgan fingerprint density at radius 2 is 2.10 bits per heavy atom.